The van der Waals surface area contributed by atoms with Gasteiger partial charge in [-0.05, 0) is 30.4 Å². The highest BCUT2D eigenvalue weighted by atomic mass is 16.6. The van der Waals surface area contributed by atoms with Gasteiger partial charge in [0.1, 0.15) is 5.69 Å². The predicted octanol–water partition coefficient (Wildman–Crippen LogP) is 2.93. The molecule has 0 spiro atoms. The third-order valence-electron chi connectivity index (χ3n) is 4.53. The van der Waals surface area contributed by atoms with Crippen molar-refractivity contribution in [2.24, 2.45) is 17.6 Å². The lowest BCUT2D eigenvalue weighted by Gasteiger charge is -2.35. The molecule has 1 aromatic carbocycles. The number of anilines is 1. The highest BCUT2D eigenvalue weighted by Gasteiger charge is 2.28. The number of nitro groups is 1. The van der Waals surface area contributed by atoms with Crippen LogP contribution in [0.2, 0.25) is 0 Å². The van der Waals surface area contributed by atoms with Gasteiger partial charge in [-0.1, -0.05) is 26.7 Å². The van der Waals surface area contributed by atoms with E-state index < -0.39 is 10.8 Å². The Morgan fingerprint density at radius 2 is 2.10 bits per heavy atom. The van der Waals surface area contributed by atoms with Crippen LogP contribution in [0.3, 0.4) is 0 Å². The summed E-state index contributed by atoms with van der Waals surface area (Å²) in [6.45, 7) is 4.38. The Morgan fingerprint density at radius 3 is 2.71 bits per heavy atom. The lowest BCUT2D eigenvalue weighted by Crippen LogP contribution is -2.35. The van der Waals surface area contributed by atoms with Crippen LogP contribution in [-0.2, 0) is 0 Å². The summed E-state index contributed by atoms with van der Waals surface area (Å²) in [5, 5.41) is 14.5. The van der Waals surface area contributed by atoms with Gasteiger partial charge in [0, 0.05) is 17.7 Å². The number of primary amides is 1. The number of carbonyl (C=O) groups excluding carboxylic acids is 1. The number of carbonyl (C=O) groups is 1. The fourth-order valence-corrected chi connectivity index (χ4v) is 2.94. The normalized spacial score (nSPS) is 25.3. The number of rotatable bonds is 4. The van der Waals surface area contributed by atoms with Crippen molar-refractivity contribution in [2.45, 2.75) is 39.2 Å². The van der Waals surface area contributed by atoms with Gasteiger partial charge >= 0.3 is 0 Å². The Kier molecular flexibility index (Phi) is 4.45. The highest BCUT2D eigenvalue weighted by Crippen LogP contribution is 2.34. The van der Waals surface area contributed by atoms with Gasteiger partial charge in [-0.3, -0.25) is 14.9 Å². The summed E-state index contributed by atoms with van der Waals surface area (Å²) >= 11 is 0. The second-order valence-electron chi connectivity index (χ2n) is 5.87. The number of nitrogens with one attached hydrogen (secondary N) is 1. The minimum atomic E-state index is -0.663. The molecule has 1 fully saturated rings. The van der Waals surface area contributed by atoms with Crippen molar-refractivity contribution in [3.8, 4) is 0 Å². The van der Waals surface area contributed by atoms with E-state index >= 15 is 0 Å². The van der Waals surface area contributed by atoms with Crippen LogP contribution in [0.15, 0.2) is 18.2 Å². The first-order valence-electron chi connectivity index (χ1n) is 7.25. The summed E-state index contributed by atoms with van der Waals surface area (Å²) < 4.78 is 0. The summed E-state index contributed by atoms with van der Waals surface area (Å²) in [6.07, 6.45) is 3.32. The number of hydrogen-bond acceptors (Lipinski definition) is 4. The molecular formula is C15H21N3O3. The van der Waals surface area contributed by atoms with Crippen molar-refractivity contribution in [1.82, 2.24) is 0 Å². The molecule has 0 bridgehead atoms. The second kappa shape index (κ2) is 6.11. The summed E-state index contributed by atoms with van der Waals surface area (Å²) in [6, 6.07) is 4.55. The van der Waals surface area contributed by atoms with E-state index in [2.05, 4.69) is 19.2 Å². The molecule has 0 aromatic heterocycles. The minimum absolute atomic E-state index is 0.100. The molecule has 1 amide bonds. The van der Waals surface area contributed by atoms with Crippen molar-refractivity contribution in [3.05, 3.63) is 33.9 Å². The number of nitro benzene ring substituents is 1. The number of nitrogens with zero attached hydrogens (tertiary/aromatic N) is 1. The van der Waals surface area contributed by atoms with E-state index in [1.807, 2.05) is 0 Å². The quantitative estimate of drug-likeness (QED) is 0.658. The van der Waals surface area contributed by atoms with Crippen LogP contribution < -0.4 is 11.1 Å². The third kappa shape index (κ3) is 3.32. The molecule has 0 unspecified atom stereocenters. The summed E-state index contributed by atoms with van der Waals surface area (Å²) in [4.78, 5) is 21.9. The Morgan fingerprint density at radius 1 is 1.38 bits per heavy atom. The van der Waals surface area contributed by atoms with E-state index in [1.165, 1.54) is 18.6 Å². The van der Waals surface area contributed by atoms with E-state index in [1.54, 1.807) is 6.07 Å². The van der Waals surface area contributed by atoms with Gasteiger partial charge in [0.15, 0.2) is 0 Å². The molecule has 21 heavy (non-hydrogen) atoms. The lowest BCUT2D eigenvalue weighted by molar-refractivity contribution is -0.384. The van der Waals surface area contributed by atoms with E-state index in [0.29, 0.717) is 17.5 Å². The zero-order valence-electron chi connectivity index (χ0n) is 12.3. The van der Waals surface area contributed by atoms with Gasteiger partial charge in [0.05, 0.1) is 4.92 Å². The molecule has 1 aliphatic carbocycles. The average molecular weight is 291 g/mol. The third-order valence-corrected chi connectivity index (χ3v) is 4.53. The molecule has 1 aromatic rings. The van der Waals surface area contributed by atoms with Crippen molar-refractivity contribution in [3.63, 3.8) is 0 Å². The molecule has 1 aliphatic rings. The smallest absolute Gasteiger partial charge is 0.293 e. The molecule has 3 atom stereocenters. The van der Waals surface area contributed by atoms with Crippen LogP contribution in [-0.4, -0.2) is 16.9 Å². The first-order chi connectivity index (χ1) is 9.90. The molecule has 114 valence electrons. The van der Waals surface area contributed by atoms with Crippen molar-refractivity contribution in [2.75, 3.05) is 5.32 Å². The Bertz CT molecular complexity index is 559. The van der Waals surface area contributed by atoms with E-state index in [9.17, 15) is 14.9 Å². The molecule has 0 aliphatic heterocycles. The first-order valence-corrected chi connectivity index (χ1v) is 7.25. The molecule has 2 rings (SSSR count). The maximum absolute atomic E-state index is 11.2. The Labute approximate surface area is 123 Å². The van der Waals surface area contributed by atoms with E-state index in [-0.39, 0.29) is 17.3 Å². The van der Waals surface area contributed by atoms with E-state index in [4.69, 9.17) is 5.73 Å². The van der Waals surface area contributed by atoms with E-state index in [0.717, 1.165) is 12.8 Å². The van der Waals surface area contributed by atoms with Crippen molar-refractivity contribution >= 4 is 17.3 Å². The van der Waals surface area contributed by atoms with Crippen LogP contribution in [0.4, 0.5) is 11.4 Å². The number of amides is 1. The van der Waals surface area contributed by atoms with Crippen LogP contribution in [0.1, 0.15) is 43.5 Å². The van der Waals surface area contributed by atoms with Gasteiger partial charge in [-0.25, -0.2) is 0 Å². The molecule has 1 saturated carbocycles. The van der Waals surface area contributed by atoms with Gasteiger partial charge in [0.2, 0.25) is 5.91 Å². The summed E-state index contributed by atoms with van der Waals surface area (Å²) in [5.41, 5.74) is 5.68. The first kappa shape index (κ1) is 15.3. The largest absolute Gasteiger partial charge is 0.376 e. The SMILES string of the molecule is C[C@@H]1[C@H](C)CCC[C@@H]1Nc1ccc(C(N)=O)cc1[N+](=O)[O-]. The van der Waals surface area contributed by atoms with Crippen molar-refractivity contribution < 1.29 is 9.72 Å². The predicted molar refractivity (Wildman–Crippen MR) is 81.2 cm³/mol. The molecule has 0 radical (unpaired) electrons. The summed E-state index contributed by atoms with van der Waals surface area (Å²) in [7, 11) is 0. The van der Waals surface area contributed by atoms with Crippen LogP contribution in [0.5, 0.6) is 0 Å². The molecule has 6 nitrogen and oxygen atoms in total. The van der Waals surface area contributed by atoms with Gasteiger partial charge in [-0.2, -0.15) is 0 Å². The lowest BCUT2D eigenvalue weighted by atomic mass is 9.78. The Hall–Kier alpha value is -2.11. The van der Waals surface area contributed by atoms with Crippen LogP contribution in [0, 0.1) is 22.0 Å². The zero-order chi connectivity index (χ0) is 15.6. The summed E-state index contributed by atoms with van der Waals surface area (Å²) in [5.74, 6) is 0.388. The zero-order valence-corrected chi connectivity index (χ0v) is 12.3. The number of benzene rings is 1. The minimum Gasteiger partial charge on any atom is -0.376 e. The fraction of sp³-hybridized carbons (Fsp3) is 0.533. The maximum atomic E-state index is 11.2. The topological polar surface area (TPSA) is 98.3 Å². The number of hydrogen-bond donors (Lipinski definition) is 2. The monoisotopic (exact) mass is 291 g/mol. The maximum Gasteiger partial charge on any atom is 0.293 e. The Balaban J connectivity index is 2.27. The van der Waals surface area contributed by atoms with Gasteiger partial charge in [-0.15, -0.1) is 0 Å². The molecule has 0 heterocycles. The fourth-order valence-electron chi connectivity index (χ4n) is 2.94. The molecular weight excluding hydrogens is 270 g/mol. The van der Waals surface area contributed by atoms with Gasteiger partial charge in [0.25, 0.3) is 5.69 Å². The standard InChI is InChI=1S/C15H21N3O3/c1-9-4-3-5-12(10(9)2)17-13-7-6-11(15(16)19)8-14(13)18(20)21/h6-10,12,17H,3-5H2,1-2H3,(H2,16,19)/t9-,10-,12+/m1/s1. The van der Waals surface area contributed by atoms with Crippen molar-refractivity contribution in [1.29, 1.82) is 0 Å². The average Bonchev–Trinajstić information content (AvgIpc) is 2.43. The molecule has 0 saturated heterocycles. The van der Waals surface area contributed by atoms with Crippen LogP contribution in [0.25, 0.3) is 0 Å². The van der Waals surface area contributed by atoms with Gasteiger partial charge < -0.3 is 11.1 Å². The highest BCUT2D eigenvalue weighted by molar-refractivity contribution is 5.94. The number of nitrogens with two attached hydrogens (primary N) is 1. The second-order valence-corrected chi connectivity index (χ2v) is 5.87. The molecule has 3 N–H and O–H groups in total. The van der Waals surface area contributed by atoms with Crippen LogP contribution >= 0.6 is 0 Å². The molecule has 6 heteroatoms.